The van der Waals surface area contributed by atoms with Gasteiger partial charge in [0, 0.05) is 47.8 Å². The molecule has 5 rings (SSSR count). The first-order valence-electron chi connectivity index (χ1n) is 14.6. The molecule has 1 saturated carbocycles. The summed E-state index contributed by atoms with van der Waals surface area (Å²) < 4.78 is 28.9. The second-order valence-electron chi connectivity index (χ2n) is 11.8. The lowest BCUT2D eigenvalue weighted by Crippen LogP contribution is -2.51. The van der Waals surface area contributed by atoms with E-state index in [1.165, 1.54) is 6.42 Å². The molecule has 2 aliphatic heterocycles. The molecule has 0 radical (unpaired) electrons. The third kappa shape index (κ3) is 6.70. The summed E-state index contributed by atoms with van der Waals surface area (Å²) in [6.07, 6.45) is 10.2. The molecule has 3 aliphatic rings. The number of aryl methyl sites for hydroxylation is 2. The van der Waals surface area contributed by atoms with E-state index in [1.54, 1.807) is 12.1 Å². The molecule has 3 fully saturated rings. The van der Waals surface area contributed by atoms with Crippen molar-refractivity contribution < 1.29 is 13.2 Å². The number of nitrogens with one attached hydrogen (secondary N) is 1. The summed E-state index contributed by atoms with van der Waals surface area (Å²) in [7, 11) is -3.52. The summed E-state index contributed by atoms with van der Waals surface area (Å²) in [5.41, 5.74) is 2.96. The molecule has 2 atom stereocenters. The third-order valence-electron chi connectivity index (χ3n) is 9.02. The monoisotopic (exact) mass is 571 g/mol. The van der Waals surface area contributed by atoms with Gasteiger partial charge in [-0.05, 0) is 88.6 Å². The van der Waals surface area contributed by atoms with Gasteiger partial charge in [-0.1, -0.05) is 54.6 Å². The van der Waals surface area contributed by atoms with Crippen LogP contribution in [-0.2, 0) is 14.8 Å². The lowest BCUT2D eigenvalue weighted by atomic mass is 9.88. The number of nitrogens with zero attached hydrogens (tertiary/aromatic N) is 2. The zero-order valence-corrected chi connectivity index (χ0v) is 24.8. The molecule has 0 spiro atoms. The van der Waals surface area contributed by atoms with Gasteiger partial charge in [-0.15, -0.1) is 0 Å². The van der Waals surface area contributed by atoms with Crippen molar-refractivity contribution in [2.45, 2.75) is 101 Å². The maximum absolute atomic E-state index is 13.6. The Hall–Kier alpha value is -1.93. The van der Waals surface area contributed by atoms with E-state index < -0.39 is 10.0 Å². The van der Waals surface area contributed by atoms with Crippen LogP contribution in [0.1, 0.15) is 75.3 Å². The molecule has 1 N–H and O–H groups in total. The summed E-state index contributed by atoms with van der Waals surface area (Å²) in [5, 5.41) is 0.696. The molecule has 2 aromatic rings. The van der Waals surface area contributed by atoms with E-state index in [1.807, 2.05) is 49.1 Å². The fourth-order valence-corrected chi connectivity index (χ4v) is 8.27. The summed E-state index contributed by atoms with van der Waals surface area (Å²) in [6.45, 7) is 5.53. The summed E-state index contributed by atoms with van der Waals surface area (Å²) in [5.74, 6) is 0.342. The summed E-state index contributed by atoms with van der Waals surface area (Å²) >= 11 is 6.46. The Balaban J connectivity index is 1.20. The minimum Gasteiger partial charge on any atom is -0.312 e. The number of rotatable bonds is 9. The highest BCUT2D eigenvalue weighted by molar-refractivity contribution is 7.89. The van der Waals surface area contributed by atoms with E-state index in [9.17, 15) is 13.2 Å². The summed E-state index contributed by atoms with van der Waals surface area (Å²) in [4.78, 5) is 18.5. The molecule has 212 valence electrons. The van der Waals surface area contributed by atoms with Crippen LogP contribution in [0.2, 0.25) is 5.02 Å². The van der Waals surface area contributed by atoms with Crippen molar-refractivity contribution in [1.29, 1.82) is 0 Å². The van der Waals surface area contributed by atoms with Crippen LogP contribution in [-0.4, -0.2) is 50.4 Å². The Morgan fingerprint density at radius 3 is 2.28 bits per heavy atom. The standard InChI is InChI=1S/C31H42ClN3O3S/c1-22-9-15-29(16-10-22)39(37,38)33-25-19-26-13-14-27(20-25)34(26)17-6-18-35(28-12-11-23(2)30(32)21-28)31(36)24-7-4-3-5-8-24/h9-12,15-16,21,24-27,33H,3-8,13-14,17-20H2,1-2H3. The lowest BCUT2D eigenvalue weighted by molar-refractivity contribution is -0.123. The number of sulfonamides is 1. The van der Waals surface area contributed by atoms with Crippen LogP contribution in [0.25, 0.3) is 0 Å². The van der Waals surface area contributed by atoms with Gasteiger partial charge < -0.3 is 4.90 Å². The van der Waals surface area contributed by atoms with Crippen LogP contribution < -0.4 is 9.62 Å². The second kappa shape index (κ2) is 12.3. The fourth-order valence-electron chi connectivity index (χ4n) is 6.84. The number of amides is 1. The molecule has 1 aliphatic carbocycles. The average Bonchev–Trinajstić information content (AvgIpc) is 3.16. The van der Waals surface area contributed by atoms with Crippen molar-refractivity contribution in [3.63, 3.8) is 0 Å². The SMILES string of the molecule is Cc1ccc(S(=O)(=O)NC2CC3CCC(C2)N3CCCN(C(=O)C2CCCCC2)c2ccc(C)c(Cl)c2)cc1. The number of hydrogen-bond acceptors (Lipinski definition) is 4. The fraction of sp³-hybridized carbons (Fsp3) is 0.581. The molecular weight excluding hydrogens is 530 g/mol. The zero-order chi connectivity index (χ0) is 27.6. The molecule has 2 heterocycles. The number of carbonyl (C=O) groups excluding carboxylic acids is 1. The molecule has 6 nitrogen and oxygen atoms in total. The maximum Gasteiger partial charge on any atom is 0.240 e. The van der Waals surface area contributed by atoms with Gasteiger partial charge in [0.15, 0.2) is 0 Å². The van der Waals surface area contributed by atoms with E-state index in [4.69, 9.17) is 11.6 Å². The van der Waals surface area contributed by atoms with E-state index in [2.05, 4.69) is 9.62 Å². The van der Waals surface area contributed by atoms with Crippen LogP contribution >= 0.6 is 11.6 Å². The van der Waals surface area contributed by atoms with Crippen molar-refractivity contribution in [2.24, 2.45) is 5.92 Å². The Labute approximate surface area is 239 Å². The van der Waals surface area contributed by atoms with Gasteiger partial charge in [0.05, 0.1) is 4.90 Å². The van der Waals surface area contributed by atoms with E-state index in [0.717, 1.165) is 81.1 Å². The van der Waals surface area contributed by atoms with Crippen molar-refractivity contribution in [3.8, 4) is 0 Å². The van der Waals surface area contributed by atoms with Crippen LogP contribution in [0.15, 0.2) is 47.4 Å². The van der Waals surface area contributed by atoms with Gasteiger partial charge >= 0.3 is 0 Å². The average molecular weight is 572 g/mol. The van der Waals surface area contributed by atoms with Crippen molar-refractivity contribution in [2.75, 3.05) is 18.0 Å². The molecule has 2 saturated heterocycles. The first-order chi connectivity index (χ1) is 18.7. The number of anilines is 1. The normalized spacial score (nSPS) is 24.1. The first-order valence-corrected chi connectivity index (χ1v) is 16.5. The number of carbonyl (C=O) groups is 1. The van der Waals surface area contributed by atoms with Crippen molar-refractivity contribution in [3.05, 3.63) is 58.6 Å². The number of piperidine rings is 1. The van der Waals surface area contributed by atoms with Crippen molar-refractivity contribution >= 4 is 33.2 Å². The molecule has 39 heavy (non-hydrogen) atoms. The molecular formula is C31H42ClN3O3S. The van der Waals surface area contributed by atoms with E-state index in [-0.39, 0.29) is 17.9 Å². The number of fused-ring (bicyclic) bond motifs is 2. The maximum atomic E-state index is 13.6. The zero-order valence-electron chi connectivity index (χ0n) is 23.2. The third-order valence-corrected chi connectivity index (χ3v) is 11.0. The number of halogens is 1. The minimum absolute atomic E-state index is 0.0378. The first kappa shape index (κ1) is 28.6. The predicted molar refractivity (Wildman–Crippen MR) is 158 cm³/mol. The highest BCUT2D eigenvalue weighted by atomic mass is 35.5. The molecule has 2 bridgehead atoms. The van der Waals surface area contributed by atoms with Crippen LogP contribution in [0.4, 0.5) is 5.69 Å². The Kier molecular flexibility index (Phi) is 9.01. The van der Waals surface area contributed by atoms with E-state index >= 15 is 0 Å². The molecule has 2 aromatic carbocycles. The molecule has 1 amide bonds. The van der Waals surface area contributed by atoms with Crippen molar-refractivity contribution in [1.82, 2.24) is 9.62 Å². The largest absolute Gasteiger partial charge is 0.312 e. The topological polar surface area (TPSA) is 69.7 Å². The van der Waals surface area contributed by atoms with Gasteiger partial charge in [-0.2, -0.15) is 0 Å². The van der Waals surface area contributed by atoms with Gasteiger partial charge in [0.1, 0.15) is 0 Å². The smallest absolute Gasteiger partial charge is 0.240 e. The molecule has 8 heteroatoms. The second-order valence-corrected chi connectivity index (χ2v) is 14.0. The highest BCUT2D eigenvalue weighted by Crippen LogP contribution is 2.37. The highest BCUT2D eigenvalue weighted by Gasteiger charge is 2.41. The van der Waals surface area contributed by atoms with Gasteiger partial charge in [0.2, 0.25) is 15.9 Å². The minimum atomic E-state index is -3.52. The summed E-state index contributed by atoms with van der Waals surface area (Å²) in [6, 6.07) is 13.7. The van der Waals surface area contributed by atoms with Gasteiger partial charge in [-0.3, -0.25) is 9.69 Å². The van der Waals surface area contributed by atoms with Crippen LogP contribution in [0.3, 0.4) is 0 Å². The van der Waals surface area contributed by atoms with Gasteiger partial charge in [0.25, 0.3) is 0 Å². The van der Waals surface area contributed by atoms with E-state index in [0.29, 0.717) is 28.5 Å². The Morgan fingerprint density at radius 1 is 0.974 bits per heavy atom. The number of benzene rings is 2. The van der Waals surface area contributed by atoms with Crippen LogP contribution in [0.5, 0.6) is 0 Å². The predicted octanol–water partition coefficient (Wildman–Crippen LogP) is 6.23. The van der Waals surface area contributed by atoms with Gasteiger partial charge in [-0.25, -0.2) is 13.1 Å². The Bertz CT molecular complexity index is 1250. The van der Waals surface area contributed by atoms with Crippen LogP contribution in [0, 0.1) is 19.8 Å². The quantitative estimate of drug-likeness (QED) is 0.387. The molecule has 2 unspecified atom stereocenters. The lowest BCUT2D eigenvalue weighted by Gasteiger charge is -2.39. The number of hydrogen-bond donors (Lipinski definition) is 1. The Morgan fingerprint density at radius 2 is 1.64 bits per heavy atom. The molecule has 0 aromatic heterocycles.